The predicted molar refractivity (Wildman–Crippen MR) is 116 cm³/mol. The molecule has 1 saturated heterocycles. The number of hydrogen-bond donors (Lipinski definition) is 2. The van der Waals surface area contributed by atoms with E-state index in [1.807, 2.05) is 41.3 Å². The number of amides is 1. The van der Waals surface area contributed by atoms with Crippen LogP contribution in [0.4, 0.5) is 5.69 Å². The number of carbonyl (C=O) groups excluding carboxylic acids is 1. The minimum atomic E-state index is 0.0698. The normalized spacial score (nSPS) is 14.1. The highest BCUT2D eigenvalue weighted by Crippen LogP contribution is 2.23. The first-order valence-electron chi connectivity index (χ1n) is 9.87. The Hall–Kier alpha value is -3.31. The molecule has 0 atom stereocenters. The summed E-state index contributed by atoms with van der Waals surface area (Å²) in [6, 6.07) is 23.0. The molecule has 1 fully saturated rings. The number of anilines is 1. The van der Waals surface area contributed by atoms with Gasteiger partial charge in [0, 0.05) is 44.0 Å². The summed E-state index contributed by atoms with van der Waals surface area (Å²) in [5, 5.41) is 9.42. The van der Waals surface area contributed by atoms with Gasteiger partial charge in [-0.1, -0.05) is 36.4 Å². The van der Waals surface area contributed by atoms with Crippen LogP contribution in [0.15, 0.2) is 72.8 Å². The van der Waals surface area contributed by atoms with Crippen molar-refractivity contribution in [2.45, 2.75) is 6.54 Å². The van der Waals surface area contributed by atoms with Crippen molar-refractivity contribution in [3.63, 3.8) is 0 Å². The molecule has 1 amide bonds. The lowest BCUT2D eigenvalue weighted by Gasteiger charge is -2.36. The highest BCUT2D eigenvalue weighted by Gasteiger charge is 2.22. The maximum absolute atomic E-state index is 12.9. The number of phenolic OH excluding ortho intramolecular Hbond substituents is 1. The number of carbonyl (C=O) groups is 1. The molecule has 5 nitrogen and oxygen atoms in total. The molecule has 1 aliphatic rings. The van der Waals surface area contributed by atoms with Gasteiger partial charge in [0.2, 0.25) is 0 Å². The van der Waals surface area contributed by atoms with Crippen LogP contribution < -0.4 is 10.6 Å². The number of rotatable bonds is 4. The molecule has 0 radical (unpaired) electrons. The molecule has 0 bridgehead atoms. The number of aromatic hydroxyl groups is 1. The Labute approximate surface area is 171 Å². The Morgan fingerprint density at radius 2 is 1.34 bits per heavy atom. The smallest absolute Gasteiger partial charge is 0.253 e. The van der Waals surface area contributed by atoms with Gasteiger partial charge >= 0.3 is 0 Å². The SMILES string of the molecule is NCc1ccc(N2CCN(C(=O)c3ccc(-c4ccc(O)cc4)cc3)CC2)cc1. The minimum absolute atomic E-state index is 0.0698. The number of hydrogen-bond acceptors (Lipinski definition) is 4. The number of nitrogens with two attached hydrogens (primary N) is 1. The van der Waals surface area contributed by atoms with Gasteiger partial charge in [-0.15, -0.1) is 0 Å². The quantitative estimate of drug-likeness (QED) is 0.719. The standard InChI is InChI=1S/C24H25N3O2/c25-17-18-1-9-22(10-2-18)26-13-15-27(16-14-26)24(29)21-5-3-19(4-6-21)20-7-11-23(28)12-8-20/h1-12,28H,13-17,25H2. The fourth-order valence-electron chi connectivity index (χ4n) is 3.65. The molecule has 3 aromatic rings. The second-order valence-electron chi connectivity index (χ2n) is 7.27. The van der Waals surface area contributed by atoms with Crippen molar-refractivity contribution in [3.8, 4) is 16.9 Å². The van der Waals surface area contributed by atoms with Gasteiger partial charge in [0.1, 0.15) is 5.75 Å². The van der Waals surface area contributed by atoms with Gasteiger partial charge in [-0.05, 0) is 53.1 Å². The molecular weight excluding hydrogens is 362 g/mol. The van der Waals surface area contributed by atoms with E-state index >= 15 is 0 Å². The van der Waals surface area contributed by atoms with Gasteiger partial charge in [0.25, 0.3) is 5.91 Å². The summed E-state index contributed by atoms with van der Waals surface area (Å²) in [5.74, 6) is 0.315. The predicted octanol–water partition coefficient (Wildman–Crippen LogP) is 3.48. The zero-order valence-corrected chi connectivity index (χ0v) is 16.3. The molecule has 1 heterocycles. The van der Waals surface area contributed by atoms with Gasteiger partial charge in [0.05, 0.1) is 0 Å². The maximum Gasteiger partial charge on any atom is 0.253 e. The first kappa shape index (κ1) is 19.0. The number of piperazine rings is 1. The molecule has 0 saturated carbocycles. The zero-order chi connectivity index (χ0) is 20.2. The average molecular weight is 387 g/mol. The first-order valence-corrected chi connectivity index (χ1v) is 9.87. The summed E-state index contributed by atoms with van der Waals surface area (Å²) in [5.41, 5.74) is 10.7. The molecule has 3 N–H and O–H groups in total. The molecular formula is C24H25N3O2. The van der Waals surface area contributed by atoms with E-state index in [1.165, 1.54) is 5.69 Å². The summed E-state index contributed by atoms with van der Waals surface area (Å²) in [7, 11) is 0. The zero-order valence-electron chi connectivity index (χ0n) is 16.3. The van der Waals surface area contributed by atoms with Crippen LogP contribution in [0.1, 0.15) is 15.9 Å². The second-order valence-corrected chi connectivity index (χ2v) is 7.27. The lowest BCUT2D eigenvalue weighted by Crippen LogP contribution is -2.48. The topological polar surface area (TPSA) is 69.8 Å². The fraction of sp³-hybridized carbons (Fsp3) is 0.208. The van der Waals surface area contributed by atoms with Crippen molar-refractivity contribution in [2.24, 2.45) is 5.73 Å². The highest BCUT2D eigenvalue weighted by molar-refractivity contribution is 5.95. The summed E-state index contributed by atoms with van der Waals surface area (Å²) in [4.78, 5) is 17.1. The van der Waals surface area contributed by atoms with Crippen LogP contribution in [-0.4, -0.2) is 42.1 Å². The molecule has 1 aliphatic heterocycles. The molecule has 148 valence electrons. The van der Waals surface area contributed by atoms with Crippen LogP contribution >= 0.6 is 0 Å². The van der Waals surface area contributed by atoms with Crippen molar-refractivity contribution in [1.82, 2.24) is 4.90 Å². The fourth-order valence-corrected chi connectivity index (χ4v) is 3.65. The van der Waals surface area contributed by atoms with Crippen LogP contribution in [0.3, 0.4) is 0 Å². The van der Waals surface area contributed by atoms with Crippen molar-refractivity contribution in [3.05, 3.63) is 83.9 Å². The van der Waals surface area contributed by atoms with Gasteiger partial charge in [-0.3, -0.25) is 4.79 Å². The Bertz CT molecular complexity index is 959. The highest BCUT2D eigenvalue weighted by atomic mass is 16.3. The maximum atomic E-state index is 12.9. The third-order valence-corrected chi connectivity index (χ3v) is 5.44. The van der Waals surface area contributed by atoms with E-state index < -0.39 is 0 Å². The second kappa shape index (κ2) is 8.37. The number of phenols is 1. The van der Waals surface area contributed by atoms with Crippen LogP contribution in [0.2, 0.25) is 0 Å². The van der Waals surface area contributed by atoms with Crippen molar-refractivity contribution in [1.29, 1.82) is 0 Å². The number of benzene rings is 3. The van der Waals surface area contributed by atoms with Crippen molar-refractivity contribution >= 4 is 11.6 Å². The molecule has 3 aromatic carbocycles. The van der Waals surface area contributed by atoms with Gasteiger partial charge in [0.15, 0.2) is 0 Å². The Morgan fingerprint density at radius 3 is 1.90 bits per heavy atom. The van der Waals surface area contributed by atoms with Crippen LogP contribution in [-0.2, 0) is 6.54 Å². The molecule has 0 aromatic heterocycles. The van der Waals surface area contributed by atoms with Gasteiger partial charge < -0.3 is 20.6 Å². The Balaban J connectivity index is 1.38. The van der Waals surface area contributed by atoms with Crippen molar-refractivity contribution < 1.29 is 9.90 Å². The number of nitrogens with zero attached hydrogens (tertiary/aromatic N) is 2. The third-order valence-electron chi connectivity index (χ3n) is 5.44. The Kier molecular flexibility index (Phi) is 5.49. The van der Waals surface area contributed by atoms with E-state index in [9.17, 15) is 9.90 Å². The third kappa shape index (κ3) is 4.25. The summed E-state index contributed by atoms with van der Waals surface area (Å²) in [6.07, 6.45) is 0. The van der Waals surface area contributed by atoms with E-state index in [-0.39, 0.29) is 11.7 Å². The van der Waals surface area contributed by atoms with Crippen molar-refractivity contribution in [2.75, 3.05) is 31.1 Å². The van der Waals surface area contributed by atoms with E-state index in [0.29, 0.717) is 25.2 Å². The molecule has 0 aliphatic carbocycles. The van der Waals surface area contributed by atoms with Crippen LogP contribution in [0.5, 0.6) is 5.75 Å². The molecule has 29 heavy (non-hydrogen) atoms. The van der Waals surface area contributed by atoms with E-state index in [2.05, 4.69) is 29.2 Å². The lowest BCUT2D eigenvalue weighted by atomic mass is 10.0. The molecule has 0 unspecified atom stereocenters. The monoisotopic (exact) mass is 387 g/mol. The van der Waals surface area contributed by atoms with Gasteiger partial charge in [-0.2, -0.15) is 0 Å². The van der Waals surface area contributed by atoms with E-state index in [0.717, 1.165) is 29.8 Å². The minimum Gasteiger partial charge on any atom is -0.508 e. The van der Waals surface area contributed by atoms with Crippen LogP contribution in [0, 0.1) is 0 Å². The molecule has 0 spiro atoms. The van der Waals surface area contributed by atoms with E-state index in [1.54, 1.807) is 12.1 Å². The molecule has 4 rings (SSSR count). The van der Waals surface area contributed by atoms with Gasteiger partial charge in [-0.25, -0.2) is 0 Å². The summed E-state index contributed by atoms with van der Waals surface area (Å²) >= 11 is 0. The molecule has 5 heteroatoms. The van der Waals surface area contributed by atoms with E-state index in [4.69, 9.17) is 5.73 Å². The first-order chi connectivity index (χ1) is 14.1. The largest absolute Gasteiger partial charge is 0.508 e. The lowest BCUT2D eigenvalue weighted by molar-refractivity contribution is 0.0747. The average Bonchev–Trinajstić information content (AvgIpc) is 2.79. The Morgan fingerprint density at radius 1 is 0.793 bits per heavy atom. The van der Waals surface area contributed by atoms with Crippen LogP contribution in [0.25, 0.3) is 11.1 Å². The summed E-state index contributed by atoms with van der Waals surface area (Å²) < 4.78 is 0. The summed E-state index contributed by atoms with van der Waals surface area (Å²) in [6.45, 7) is 3.60.